The average Bonchev–Trinajstić information content (AvgIpc) is 2.32. The van der Waals surface area contributed by atoms with Gasteiger partial charge in [-0.05, 0) is 45.0 Å². The van der Waals surface area contributed by atoms with Crippen molar-refractivity contribution in [3.63, 3.8) is 0 Å². The van der Waals surface area contributed by atoms with Gasteiger partial charge >= 0.3 is 0 Å². The van der Waals surface area contributed by atoms with E-state index in [1.54, 1.807) is 0 Å². The molecule has 2 rings (SSSR count). The van der Waals surface area contributed by atoms with E-state index in [1.165, 1.54) is 6.07 Å². The van der Waals surface area contributed by atoms with Gasteiger partial charge < -0.3 is 10.2 Å². The molecule has 1 aliphatic rings. The summed E-state index contributed by atoms with van der Waals surface area (Å²) in [6, 6.07) is 5.80. The van der Waals surface area contributed by atoms with Gasteiger partial charge in [-0.1, -0.05) is 28.9 Å². The second kappa shape index (κ2) is 6.33. The van der Waals surface area contributed by atoms with Crippen LogP contribution in [0.3, 0.4) is 0 Å². The van der Waals surface area contributed by atoms with Crippen LogP contribution in [0.2, 0.25) is 0 Å². The van der Waals surface area contributed by atoms with Gasteiger partial charge in [-0.25, -0.2) is 4.39 Å². The summed E-state index contributed by atoms with van der Waals surface area (Å²) in [5, 5.41) is 3.58. The minimum Gasteiger partial charge on any atom is -0.307 e. The van der Waals surface area contributed by atoms with E-state index < -0.39 is 0 Å². The molecule has 0 radical (unpaired) electrons. The molecule has 1 fully saturated rings. The lowest BCUT2D eigenvalue weighted by Gasteiger charge is -2.37. The zero-order chi connectivity index (χ0) is 14.0. The SMILES string of the molecule is CC(NC1CCN(C)CC1C)c1ccc(Br)cc1F. The third-order valence-corrected chi connectivity index (χ3v) is 4.49. The second-order valence-electron chi connectivity index (χ2n) is 5.69. The summed E-state index contributed by atoms with van der Waals surface area (Å²) in [5.41, 5.74) is 0.745. The van der Waals surface area contributed by atoms with E-state index in [0.29, 0.717) is 12.0 Å². The number of hydrogen-bond acceptors (Lipinski definition) is 2. The number of nitrogens with zero attached hydrogens (tertiary/aromatic N) is 1. The quantitative estimate of drug-likeness (QED) is 0.912. The largest absolute Gasteiger partial charge is 0.307 e. The lowest BCUT2D eigenvalue weighted by Crippen LogP contribution is -2.47. The molecule has 0 bridgehead atoms. The molecule has 0 spiro atoms. The van der Waals surface area contributed by atoms with Crippen molar-refractivity contribution in [3.05, 3.63) is 34.1 Å². The van der Waals surface area contributed by atoms with Crippen molar-refractivity contribution in [2.75, 3.05) is 20.1 Å². The first-order valence-electron chi connectivity index (χ1n) is 6.87. The molecule has 19 heavy (non-hydrogen) atoms. The molecule has 1 aliphatic heterocycles. The topological polar surface area (TPSA) is 15.3 Å². The summed E-state index contributed by atoms with van der Waals surface area (Å²) in [6.45, 7) is 6.51. The molecule has 1 aromatic rings. The van der Waals surface area contributed by atoms with E-state index in [2.05, 4.69) is 40.1 Å². The highest BCUT2D eigenvalue weighted by Gasteiger charge is 2.26. The lowest BCUT2D eigenvalue weighted by molar-refractivity contribution is 0.167. The Kier molecular flexibility index (Phi) is 4.98. The molecule has 0 aliphatic carbocycles. The second-order valence-corrected chi connectivity index (χ2v) is 6.60. The van der Waals surface area contributed by atoms with Crippen molar-refractivity contribution < 1.29 is 4.39 Å². The maximum Gasteiger partial charge on any atom is 0.129 e. The van der Waals surface area contributed by atoms with Gasteiger partial charge in [-0.15, -0.1) is 0 Å². The number of benzene rings is 1. The van der Waals surface area contributed by atoms with Gasteiger partial charge in [0.2, 0.25) is 0 Å². The number of piperidine rings is 1. The molecule has 0 saturated carbocycles. The number of hydrogen-bond donors (Lipinski definition) is 1. The summed E-state index contributed by atoms with van der Waals surface area (Å²) in [7, 11) is 2.16. The van der Waals surface area contributed by atoms with E-state index in [9.17, 15) is 4.39 Å². The van der Waals surface area contributed by atoms with Gasteiger partial charge in [0.15, 0.2) is 0 Å². The third kappa shape index (κ3) is 3.77. The Labute approximate surface area is 123 Å². The Hall–Kier alpha value is -0.450. The Balaban J connectivity index is 2.02. The van der Waals surface area contributed by atoms with Crippen LogP contribution in [0, 0.1) is 11.7 Å². The van der Waals surface area contributed by atoms with Crippen LogP contribution in [0.15, 0.2) is 22.7 Å². The van der Waals surface area contributed by atoms with Crippen molar-refractivity contribution in [2.45, 2.75) is 32.4 Å². The van der Waals surface area contributed by atoms with Crippen LogP contribution in [0.5, 0.6) is 0 Å². The van der Waals surface area contributed by atoms with Crippen LogP contribution in [-0.2, 0) is 0 Å². The Bertz CT molecular complexity index is 438. The summed E-state index contributed by atoms with van der Waals surface area (Å²) >= 11 is 3.29. The predicted molar refractivity (Wildman–Crippen MR) is 80.7 cm³/mol. The zero-order valence-electron chi connectivity index (χ0n) is 11.8. The van der Waals surface area contributed by atoms with E-state index >= 15 is 0 Å². The number of rotatable bonds is 3. The number of halogens is 2. The number of likely N-dealkylation sites (tertiary alicyclic amines) is 1. The van der Waals surface area contributed by atoms with E-state index in [-0.39, 0.29) is 11.9 Å². The predicted octanol–water partition coefficient (Wildman–Crippen LogP) is 3.58. The van der Waals surface area contributed by atoms with Gasteiger partial charge in [-0.3, -0.25) is 0 Å². The van der Waals surface area contributed by atoms with E-state index in [1.807, 2.05) is 19.1 Å². The molecule has 0 aromatic heterocycles. The van der Waals surface area contributed by atoms with Crippen LogP contribution in [0.25, 0.3) is 0 Å². The fraction of sp³-hybridized carbons (Fsp3) is 0.600. The van der Waals surface area contributed by atoms with Crippen LogP contribution in [0.1, 0.15) is 31.9 Å². The van der Waals surface area contributed by atoms with Crippen molar-refractivity contribution >= 4 is 15.9 Å². The van der Waals surface area contributed by atoms with Gasteiger partial charge in [-0.2, -0.15) is 0 Å². The van der Waals surface area contributed by atoms with E-state index in [0.717, 1.165) is 29.5 Å². The van der Waals surface area contributed by atoms with Gasteiger partial charge in [0.25, 0.3) is 0 Å². The van der Waals surface area contributed by atoms with Crippen molar-refractivity contribution in [2.24, 2.45) is 5.92 Å². The average molecular weight is 329 g/mol. The molecule has 0 amide bonds. The smallest absolute Gasteiger partial charge is 0.129 e. The minimum absolute atomic E-state index is 0.0453. The summed E-state index contributed by atoms with van der Waals surface area (Å²) < 4.78 is 14.7. The fourth-order valence-electron chi connectivity index (χ4n) is 2.87. The molecule has 1 heterocycles. The van der Waals surface area contributed by atoms with Gasteiger partial charge in [0, 0.05) is 28.7 Å². The molecular formula is C15H22BrFN2. The van der Waals surface area contributed by atoms with E-state index in [4.69, 9.17) is 0 Å². The summed E-state index contributed by atoms with van der Waals surface area (Å²) in [4.78, 5) is 2.35. The summed E-state index contributed by atoms with van der Waals surface area (Å²) in [6.07, 6.45) is 1.13. The van der Waals surface area contributed by atoms with Crippen molar-refractivity contribution in [1.82, 2.24) is 10.2 Å². The normalized spacial score (nSPS) is 26.4. The molecule has 3 atom stereocenters. The first kappa shape index (κ1) is 14.9. The van der Waals surface area contributed by atoms with Crippen LogP contribution in [-0.4, -0.2) is 31.1 Å². The lowest BCUT2D eigenvalue weighted by atomic mass is 9.92. The Morgan fingerprint density at radius 3 is 2.84 bits per heavy atom. The maximum absolute atomic E-state index is 13.9. The highest BCUT2D eigenvalue weighted by atomic mass is 79.9. The maximum atomic E-state index is 13.9. The third-order valence-electron chi connectivity index (χ3n) is 4.00. The molecule has 1 aromatic carbocycles. The van der Waals surface area contributed by atoms with Crippen LogP contribution >= 0.6 is 15.9 Å². The van der Waals surface area contributed by atoms with Crippen LogP contribution < -0.4 is 5.32 Å². The standard InChI is InChI=1S/C15H22BrFN2/c1-10-9-19(3)7-6-15(10)18-11(2)13-5-4-12(16)8-14(13)17/h4-5,8,10-11,15,18H,6-7,9H2,1-3H3. The highest BCUT2D eigenvalue weighted by molar-refractivity contribution is 9.10. The minimum atomic E-state index is -0.144. The van der Waals surface area contributed by atoms with Crippen LogP contribution in [0.4, 0.5) is 4.39 Å². The number of nitrogens with one attached hydrogen (secondary N) is 1. The molecule has 2 nitrogen and oxygen atoms in total. The molecule has 1 N–H and O–H groups in total. The monoisotopic (exact) mass is 328 g/mol. The zero-order valence-corrected chi connectivity index (χ0v) is 13.4. The Morgan fingerprint density at radius 2 is 2.21 bits per heavy atom. The van der Waals surface area contributed by atoms with Crippen molar-refractivity contribution in [1.29, 1.82) is 0 Å². The molecule has 4 heteroatoms. The highest BCUT2D eigenvalue weighted by Crippen LogP contribution is 2.24. The summed E-state index contributed by atoms with van der Waals surface area (Å²) in [5.74, 6) is 0.453. The fourth-order valence-corrected chi connectivity index (χ4v) is 3.20. The molecule has 106 valence electrons. The Morgan fingerprint density at radius 1 is 1.47 bits per heavy atom. The van der Waals surface area contributed by atoms with Crippen molar-refractivity contribution in [3.8, 4) is 0 Å². The molecular weight excluding hydrogens is 307 g/mol. The van der Waals surface area contributed by atoms with Gasteiger partial charge in [0.1, 0.15) is 5.82 Å². The first-order valence-corrected chi connectivity index (χ1v) is 7.66. The molecule has 1 saturated heterocycles. The van der Waals surface area contributed by atoms with Gasteiger partial charge in [0.05, 0.1) is 0 Å². The molecule has 3 unspecified atom stereocenters. The first-order chi connectivity index (χ1) is 8.97.